The van der Waals surface area contributed by atoms with Gasteiger partial charge in [0.25, 0.3) is 0 Å². The largest absolute Gasteiger partial charge is 0.199 e. The zero-order valence-corrected chi connectivity index (χ0v) is 7.96. The molecule has 0 amide bonds. The highest BCUT2D eigenvalue weighted by molar-refractivity contribution is 4.65. The van der Waals surface area contributed by atoms with Crippen LogP contribution in [0.25, 0.3) is 0 Å². The van der Waals surface area contributed by atoms with Gasteiger partial charge in [-0.15, -0.1) is 0 Å². The summed E-state index contributed by atoms with van der Waals surface area (Å²) in [5.41, 5.74) is 0. The lowest BCUT2D eigenvalue weighted by atomic mass is 10.4. The predicted molar refractivity (Wildman–Crippen MR) is 47.7 cm³/mol. The van der Waals surface area contributed by atoms with Crippen LogP contribution in [0.4, 0.5) is 0 Å². The summed E-state index contributed by atoms with van der Waals surface area (Å²) in [6.07, 6.45) is 2.30. The first-order valence-corrected chi connectivity index (χ1v) is 3.79. The van der Waals surface area contributed by atoms with Gasteiger partial charge in [-0.2, -0.15) is 15.8 Å². The Labute approximate surface area is 74.8 Å². The van der Waals surface area contributed by atoms with Crippen LogP contribution in [0.5, 0.6) is 0 Å². The summed E-state index contributed by atoms with van der Waals surface area (Å²) in [7, 11) is 0. The third-order valence-electron chi connectivity index (χ3n) is 0.520. The maximum atomic E-state index is 7.82. The van der Waals surface area contributed by atoms with Crippen LogP contribution in [0.15, 0.2) is 0 Å². The third kappa shape index (κ3) is 219. The highest BCUT2D eigenvalue weighted by Crippen LogP contribution is 1.77. The van der Waals surface area contributed by atoms with Crippen LogP contribution < -0.4 is 0 Å². The number of hydrogen-bond donors (Lipinski definition) is 0. The molecule has 12 heavy (non-hydrogen) atoms. The minimum absolute atomic E-state index is 0.625. The number of nitriles is 3. The van der Waals surface area contributed by atoms with Gasteiger partial charge in [0, 0.05) is 19.8 Å². The standard InChI is InChI=1S/C4H7N.C3H5N.C2H3N/c1-2-3-4-5;1-2-3-4;1-2-3/h2-3H2,1H3;2H2,1H3;1H3. The van der Waals surface area contributed by atoms with Crippen molar-refractivity contribution in [3.05, 3.63) is 0 Å². The number of hydrogen-bond acceptors (Lipinski definition) is 3. The predicted octanol–water partition coefficient (Wildman–Crippen LogP) is 2.76. The van der Waals surface area contributed by atoms with Gasteiger partial charge < -0.3 is 0 Å². The summed E-state index contributed by atoms with van der Waals surface area (Å²) in [4.78, 5) is 0. The van der Waals surface area contributed by atoms with Crippen molar-refractivity contribution in [1.82, 2.24) is 0 Å². The van der Waals surface area contributed by atoms with Crippen molar-refractivity contribution in [3.63, 3.8) is 0 Å². The number of rotatable bonds is 1. The van der Waals surface area contributed by atoms with Gasteiger partial charge in [0.15, 0.2) is 0 Å². The molecule has 0 heterocycles. The topological polar surface area (TPSA) is 71.4 Å². The normalized spacial score (nSPS) is 5.00. The van der Waals surface area contributed by atoms with Crippen molar-refractivity contribution < 1.29 is 0 Å². The average molecular weight is 165 g/mol. The molecular weight excluding hydrogens is 150 g/mol. The van der Waals surface area contributed by atoms with E-state index in [1.54, 1.807) is 6.07 Å². The summed E-state index contributed by atoms with van der Waals surface area (Å²) in [6.45, 7) is 5.24. The molecule has 3 heteroatoms. The van der Waals surface area contributed by atoms with Crippen LogP contribution in [0.3, 0.4) is 0 Å². The summed E-state index contributed by atoms with van der Waals surface area (Å²) >= 11 is 0. The molecule has 0 aliphatic rings. The van der Waals surface area contributed by atoms with E-state index in [0.717, 1.165) is 6.42 Å². The fourth-order valence-corrected chi connectivity index (χ4v) is 0.112. The van der Waals surface area contributed by atoms with E-state index in [-0.39, 0.29) is 0 Å². The molecule has 0 spiro atoms. The molecular formula is C9H15N3. The molecule has 0 aromatic heterocycles. The van der Waals surface area contributed by atoms with E-state index < -0.39 is 0 Å². The van der Waals surface area contributed by atoms with Crippen molar-refractivity contribution in [3.8, 4) is 18.2 Å². The smallest absolute Gasteiger partial charge is 0.0621 e. The fourth-order valence-electron chi connectivity index (χ4n) is 0.112. The minimum Gasteiger partial charge on any atom is -0.199 e. The lowest BCUT2D eigenvalue weighted by molar-refractivity contribution is 0.969. The van der Waals surface area contributed by atoms with E-state index in [0.29, 0.717) is 12.8 Å². The Morgan fingerprint density at radius 3 is 1.33 bits per heavy atom. The van der Waals surface area contributed by atoms with Gasteiger partial charge >= 0.3 is 0 Å². The quantitative estimate of drug-likeness (QED) is 0.599. The minimum atomic E-state index is 0.625. The summed E-state index contributed by atoms with van der Waals surface area (Å²) in [6, 6.07) is 5.70. The Bertz CT molecular complexity index is 166. The monoisotopic (exact) mass is 165 g/mol. The first-order chi connectivity index (χ1) is 5.74. The van der Waals surface area contributed by atoms with Gasteiger partial charge in [-0.1, -0.05) is 13.8 Å². The van der Waals surface area contributed by atoms with Crippen molar-refractivity contribution in [2.75, 3.05) is 0 Å². The Balaban J connectivity index is -0.000000105. The first kappa shape index (κ1) is 16.8. The molecule has 66 valence electrons. The Morgan fingerprint density at radius 2 is 1.33 bits per heavy atom. The van der Waals surface area contributed by atoms with Gasteiger partial charge in [0.05, 0.1) is 18.2 Å². The van der Waals surface area contributed by atoms with Crippen LogP contribution in [0, 0.1) is 34.0 Å². The second-order valence-electron chi connectivity index (χ2n) is 1.64. The molecule has 0 unspecified atom stereocenters. The molecule has 0 fully saturated rings. The van der Waals surface area contributed by atoms with Crippen LogP contribution >= 0.6 is 0 Å². The second-order valence-corrected chi connectivity index (χ2v) is 1.64. The van der Waals surface area contributed by atoms with Crippen molar-refractivity contribution >= 4 is 0 Å². The lowest BCUT2D eigenvalue weighted by Crippen LogP contribution is -1.53. The van der Waals surface area contributed by atoms with Crippen LogP contribution in [0.1, 0.15) is 40.0 Å². The third-order valence-corrected chi connectivity index (χ3v) is 0.520. The Morgan fingerprint density at radius 1 is 1.00 bits per heavy atom. The molecule has 0 bridgehead atoms. The molecule has 0 aliphatic carbocycles. The Hall–Kier alpha value is -1.53. The summed E-state index contributed by atoms with van der Waals surface area (Å²) in [5, 5.41) is 22.8. The number of unbranched alkanes of at least 4 members (excludes halogenated alkanes) is 1. The highest BCUT2D eigenvalue weighted by Gasteiger charge is 1.65. The molecule has 0 aromatic carbocycles. The highest BCUT2D eigenvalue weighted by atomic mass is 14.2. The SMILES string of the molecule is CC#N.CCC#N.CCCC#N. The summed E-state index contributed by atoms with van der Waals surface area (Å²) in [5.74, 6) is 0. The Kier molecular flexibility index (Phi) is 47.7. The molecule has 0 N–H and O–H groups in total. The molecule has 0 saturated carbocycles. The van der Waals surface area contributed by atoms with Gasteiger partial charge in [-0.25, -0.2) is 0 Å². The molecule has 0 aromatic rings. The van der Waals surface area contributed by atoms with Crippen LogP contribution in [0.2, 0.25) is 0 Å². The van der Waals surface area contributed by atoms with E-state index in [1.807, 2.05) is 26.0 Å². The molecule has 0 atom stereocenters. The maximum absolute atomic E-state index is 7.82. The molecule has 0 radical (unpaired) electrons. The van der Waals surface area contributed by atoms with E-state index in [4.69, 9.17) is 15.8 Å². The van der Waals surface area contributed by atoms with Crippen molar-refractivity contribution in [2.45, 2.75) is 40.0 Å². The van der Waals surface area contributed by atoms with Gasteiger partial charge in [-0.3, -0.25) is 0 Å². The van der Waals surface area contributed by atoms with Crippen molar-refractivity contribution in [1.29, 1.82) is 15.8 Å². The lowest BCUT2D eigenvalue weighted by Gasteiger charge is -1.65. The van der Waals surface area contributed by atoms with Gasteiger partial charge in [0.2, 0.25) is 0 Å². The van der Waals surface area contributed by atoms with Gasteiger partial charge in [-0.05, 0) is 6.42 Å². The maximum Gasteiger partial charge on any atom is 0.0621 e. The van der Waals surface area contributed by atoms with Crippen LogP contribution in [-0.2, 0) is 0 Å². The van der Waals surface area contributed by atoms with E-state index >= 15 is 0 Å². The molecule has 0 aliphatic heterocycles. The van der Waals surface area contributed by atoms with E-state index in [9.17, 15) is 0 Å². The molecule has 0 saturated heterocycles. The van der Waals surface area contributed by atoms with Crippen molar-refractivity contribution in [2.24, 2.45) is 0 Å². The number of nitrogens with zero attached hydrogens (tertiary/aromatic N) is 3. The first-order valence-electron chi connectivity index (χ1n) is 3.79. The van der Waals surface area contributed by atoms with Crippen LogP contribution in [-0.4, -0.2) is 0 Å². The fraction of sp³-hybridized carbons (Fsp3) is 0.667. The molecule has 0 rings (SSSR count). The second kappa shape index (κ2) is 34.0. The van der Waals surface area contributed by atoms with Gasteiger partial charge in [0.1, 0.15) is 0 Å². The zero-order valence-electron chi connectivity index (χ0n) is 7.96. The summed E-state index contributed by atoms with van der Waals surface area (Å²) < 4.78 is 0. The van der Waals surface area contributed by atoms with E-state index in [1.165, 1.54) is 6.92 Å². The molecule has 3 nitrogen and oxygen atoms in total. The zero-order chi connectivity index (χ0) is 10.2. The average Bonchev–Trinajstić information content (AvgIpc) is 2.08. The van der Waals surface area contributed by atoms with E-state index in [2.05, 4.69) is 0 Å².